The van der Waals surface area contributed by atoms with Gasteiger partial charge in [0.05, 0.1) is 6.61 Å². The topological polar surface area (TPSA) is 54.0 Å². The molecule has 3 rings (SSSR count). The summed E-state index contributed by atoms with van der Waals surface area (Å²) >= 11 is 0. The maximum absolute atomic E-state index is 12.5. The number of fused-ring (bicyclic) bond motifs is 1. The van der Waals surface area contributed by atoms with Gasteiger partial charge in [-0.25, -0.2) is 0 Å². The van der Waals surface area contributed by atoms with Crippen LogP contribution in [0.5, 0.6) is 0 Å². The zero-order valence-corrected chi connectivity index (χ0v) is 15.0. The van der Waals surface area contributed by atoms with Gasteiger partial charge in [0, 0.05) is 0 Å². The van der Waals surface area contributed by atoms with E-state index in [0.29, 0.717) is 6.61 Å². The van der Waals surface area contributed by atoms with E-state index in [1.807, 2.05) is 50.3 Å². The smallest absolute Gasteiger partial charge is 0.190 e. The summed E-state index contributed by atoms with van der Waals surface area (Å²) in [5, 5.41) is 0. The molecule has 0 amide bonds. The Balaban J connectivity index is 1.71. The van der Waals surface area contributed by atoms with Crippen molar-refractivity contribution in [1.82, 2.24) is 0 Å². The summed E-state index contributed by atoms with van der Waals surface area (Å²) in [5.74, 6) is -0.846. The van der Waals surface area contributed by atoms with Crippen LogP contribution in [0.3, 0.4) is 0 Å². The first-order valence-corrected chi connectivity index (χ1v) is 8.87. The Labute approximate surface area is 148 Å². The summed E-state index contributed by atoms with van der Waals surface area (Å²) in [6.07, 6.45) is 3.12. The summed E-state index contributed by atoms with van der Waals surface area (Å²) in [6, 6.07) is 9.85. The lowest BCUT2D eigenvalue weighted by molar-refractivity contribution is -0.217. The minimum atomic E-state index is -0.740. The third-order valence-electron chi connectivity index (χ3n) is 4.29. The molecule has 5 heteroatoms. The van der Waals surface area contributed by atoms with Gasteiger partial charge in [0.25, 0.3) is 0 Å². The first-order valence-electron chi connectivity index (χ1n) is 8.87. The largest absolute Gasteiger partial charge is 0.367 e. The number of benzene rings is 1. The molecule has 2 fully saturated rings. The molecule has 4 atom stereocenters. The Bertz CT molecular complexity index is 610. The molecule has 1 aromatic rings. The summed E-state index contributed by atoms with van der Waals surface area (Å²) in [4.78, 5) is 12.5. The normalized spacial score (nSPS) is 30.7. The van der Waals surface area contributed by atoms with Gasteiger partial charge in [0.1, 0.15) is 12.2 Å². The summed E-state index contributed by atoms with van der Waals surface area (Å²) in [7, 11) is 0. The molecule has 5 nitrogen and oxygen atoms in total. The molecule has 136 valence electrons. The summed E-state index contributed by atoms with van der Waals surface area (Å²) < 4.78 is 23.6. The Morgan fingerprint density at radius 2 is 2.00 bits per heavy atom. The van der Waals surface area contributed by atoms with E-state index in [4.69, 9.17) is 18.9 Å². The van der Waals surface area contributed by atoms with E-state index in [-0.39, 0.29) is 5.78 Å². The summed E-state index contributed by atoms with van der Waals surface area (Å²) in [5.41, 5.74) is 1.04. The fourth-order valence-corrected chi connectivity index (χ4v) is 3.12. The number of hydrogen-bond acceptors (Lipinski definition) is 5. The van der Waals surface area contributed by atoms with E-state index in [9.17, 15) is 4.79 Å². The number of carbonyl (C=O) groups is 1. The molecule has 25 heavy (non-hydrogen) atoms. The lowest BCUT2D eigenvalue weighted by Crippen LogP contribution is -2.40. The van der Waals surface area contributed by atoms with E-state index in [1.54, 1.807) is 6.08 Å². The van der Waals surface area contributed by atoms with Crippen LogP contribution in [-0.4, -0.2) is 36.2 Å². The third kappa shape index (κ3) is 4.36. The number of unbranched alkanes of at least 4 members (excludes halogenated alkanes) is 1. The Hall–Kier alpha value is -1.53. The first kappa shape index (κ1) is 18.3. The molecule has 0 radical (unpaired) electrons. The van der Waals surface area contributed by atoms with Gasteiger partial charge in [-0.3, -0.25) is 4.79 Å². The molecule has 0 saturated carbocycles. The van der Waals surface area contributed by atoms with Gasteiger partial charge >= 0.3 is 0 Å². The number of ether oxygens (including phenoxy) is 4. The molecule has 2 aliphatic rings. The van der Waals surface area contributed by atoms with Crippen LogP contribution in [0.2, 0.25) is 0 Å². The number of hydrogen-bond donors (Lipinski definition) is 0. The average molecular weight is 346 g/mol. The third-order valence-corrected chi connectivity index (χ3v) is 4.29. The van der Waals surface area contributed by atoms with Gasteiger partial charge in [-0.2, -0.15) is 0 Å². The standard InChI is InChI=1S/C20H26O5/c1-4-5-7-12-15(21)16-17(22-13-14-10-8-6-9-11-14)18-19(23-16)25-20(2,3)24-18/h6-12,16-19H,4-5,13H2,1-3H3/b12-7+/t16-,17+,18-,19-/m1/s1. The van der Waals surface area contributed by atoms with Crippen LogP contribution in [0.25, 0.3) is 0 Å². The number of carbonyl (C=O) groups excluding carboxylic acids is 1. The molecule has 0 aliphatic carbocycles. The van der Waals surface area contributed by atoms with E-state index in [1.165, 1.54) is 0 Å². The van der Waals surface area contributed by atoms with E-state index in [0.717, 1.165) is 18.4 Å². The highest BCUT2D eigenvalue weighted by Gasteiger charge is 2.56. The molecule has 0 N–H and O–H groups in total. The minimum absolute atomic E-state index is 0.106. The van der Waals surface area contributed by atoms with Crippen molar-refractivity contribution in [1.29, 1.82) is 0 Å². The van der Waals surface area contributed by atoms with Crippen molar-refractivity contribution in [3.63, 3.8) is 0 Å². The zero-order chi connectivity index (χ0) is 17.9. The fraction of sp³-hybridized carbons (Fsp3) is 0.550. The van der Waals surface area contributed by atoms with Crippen molar-refractivity contribution in [2.45, 2.75) is 70.6 Å². The average Bonchev–Trinajstić information content (AvgIpc) is 3.06. The van der Waals surface area contributed by atoms with Crippen molar-refractivity contribution in [3.8, 4) is 0 Å². The Morgan fingerprint density at radius 1 is 1.24 bits per heavy atom. The van der Waals surface area contributed by atoms with Gasteiger partial charge in [0.15, 0.2) is 24.0 Å². The first-order chi connectivity index (χ1) is 12.0. The molecular formula is C20H26O5. The van der Waals surface area contributed by atoms with Crippen LogP contribution in [0, 0.1) is 0 Å². The molecular weight excluding hydrogens is 320 g/mol. The molecule has 0 bridgehead atoms. The van der Waals surface area contributed by atoms with Crippen molar-refractivity contribution in [2.24, 2.45) is 0 Å². The molecule has 0 spiro atoms. The molecule has 1 aromatic carbocycles. The second-order valence-corrected chi connectivity index (χ2v) is 6.88. The van der Waals surface area contributed by atoms with Crippen LogP contribution in [-0.2, 0) is 30.3 Å². The predicted molar refractivity (Wildman–Crippen MR) is 92.8 cm³/mol. The molecule has 2 heterocycles. The maximum Gasteiger partial charge on any atom is 0.190 e. The van der Waals surface area contributed by atoms with E-state index >= 15 is 0 Å². The van der Waals surface area contributed by atoms with Gasteiger partial charge in [0.2, 0.25) is 0 Å². The number of rotatable bonds is 7. The second kappa shape index (κ2) is 7.79. The number of allylic oxidation sites excluding steroid dienone is 1. The molecule has 0 aromatic heterocycles. The monoisotopic (exact) mass is 346 g/mol. The predicted octanol–water partition coefficient (Wildman–Crippen LogP) is 3.37. The Morgan fingerprint density at radius 3 is 2.72 bits per heavy atom. The molecule has 2 saturated heterocycles. The minimum Gasteiger partial charge on any atom is -0.367 e. The fourth-order valence-electron chi connectivity index (χ4n) is 3.12. The maximum atomic E-state index is 12.5. The van der Waals surface area contributed by atoms with Crippen LogP contribution in [0.4, 0.5) is 0 Å². The molecule has 0 unspecified atom stereocenters. The van der Waals surface area contributed by atoms with Crippen molar-refractivity contribution in [2.75, 3.05) is 0 Å². The van der Waals surface area contributed by atoms with Crippen LogP contribution < -0.4 is 0 Å². The SMILES string of the molecule is CCC/C=C/C(=O)[C@H]1O[C@@H]2OC(C)(C)O[C@@H]2[C@H]1OCc1ccccc1. The van der Waals surface area contributed by atoms with E-state index in [2.05, 4.69) is 6.92 Å². The van der Waals surface area contributed by atoms with Gasteiger partial charge < -0.3 is 18.9 Å². The van der Waals surface area contributed by atoms with E-state index < -0.39 is 30.4 Å². The lowest BCUT2D eigenvalue weighted by atomic mass is 10.1. The van der Waals surface area contributed by atoms with Crippen LogP contribution >= 0.6 is 0 Å². The van der Waals surface area contributed by atoms with Gasteiger partial charge in [-0.15, -0.1) is 0 Å². The highest BCUT2D eigenvalue weighted by molar-refractivity contribution is 5.94. The van der Waals surface area contributed by atoms with Gasteiger partial charge in [-0.05, 0) is 31.9 Å². The Kier molecular flexibility index (Phi) is 5.69. The zero-order valence-electron chi connectivity index (χ0n) is 15.0. The van der Waals surface area contributed by atoms with Crippen molar-refractivity contribution >= 4 is 5.78 Å². The summed E-state index contributed by atoms with van der Waals surface area (Å²) in [6.45, 7) is 6.13. The quantitative estimate of drug-likeness (QED) is 0.709. The van der Waals surface area contributed by atoms with Crippen LogP contribution in [0.1, 0.15) is 39.2 Å². The second-order valence-electron chi connectivity index (χ2n) is 6.88. The highest BCUT2D eigenvalue weighted by atomic mass is 16.8. The van der Waals surface area contributed by atoms with Crippen molar-refractivity contribution in [3.05, 3.63) is 48.0 Å². The number of ketones is 1. The van der Waals surface area contributed by atoms with Gasteiger partial charge in [-0.1, -0.05) is 49.8 Å². The highest BCUT2D eigenvalue weighted by Crippen LogP contribution is 2.39. The lowest BCUT2D eigenvalue weighted by Gasteiger charge is -2.24. The van der Waals surface area contributed by atoms with Crippen LogP contribution in [0.15, 0.2) is 42.5 Å². The molecule has 2 aliphatic heterocycles. The van der Waals surface area contributed by atoms with Crippen molar-refractivity contribution < 1.29 is 23.7 Å².